The van der Waals surface area contributed by atoms with E-state index in [9.17, 15) is 4.79 Å². The molecule has 1 fully saturated rings. The molecule has 1 unspecified atom stereocenters. The van der Waals surface area contributed by atoms with Crippen molar-refractivity contribution in [1.29, 1.82) is 0 Å². The van der Waals surface area contributed by atoms with E-state index in [1.54, 1.807) is 0 Å². The van der Waals surface area contributed by atoms with E-state index in [2.05, 4.69) is 65.7 Å². The van der Waals surface area contributed by atoms with Gasteiger partial charge in [-0.15, -0.1) is 0 Å². The van der Waals surface area contributed by atoms with Crippen molar-refractivity contribution in [3.63, 3.8) is 0 Å². The van der Waals surface area contributed by atoms with Crippen molar-refractivity contribution in [2.24, 2.45) is 0 Å². The number of hydrogen-bond donors (Lipinski definition) is 1. The maximum Gasteiger partial charge on any atom is 0.322 e. The van der Waals surface area contributed by atoms with Crippen LogP contribution in [0.2, 0.25) is 0 Å². The molecule has 0 aliphatic carbocycles. The number of nitrogens with zero attached hydrogens (tertiary/aromatic N) is 4. The average Bonchev–Trinajstić information content (AvgIpc) is 3.24. The Morgan fingerprint density at radius 2 is 1.97 bits per heavy atom. The first-order valence-corrected chi connectivity index (χ1v) is 11.6. The number of aromatic nitrogens is 2. The predicted molar refractivity (Wildman–Crippen MR) is 127 cm³/mol. The molecule has 1 atom stereocenters. The van der Waals surface area contributed by atoms with Crippen LogP contribution in [0.5, 0.6) is 0 Å². The molecule has 1 saturated heterocycles. The van der Waals surface area contributed by atoms with E-state index in [-0.39, 0.29) is 12.1 Å². The molecular weight excluding hydrogens is 406 g/mol. The minimum absolute atomic E-state index is 0.0438. The summed E-state index contributed by atoms with van der Waals surface area (Å²) >= 11 is 1.44. The first kappa shape index (κ1) is 21.3. The highest BCUT2D eigenvalue weighted by Crippen LogP contribution is 2.23. The third-order valence-corrected chi connectivity index (χ3v) is 6.50. The second-order valence-corrected chi connectivity index (χ2v) is 8.86. The topological polar surface area (TPSA) is 61.4 Å². The highest BCUT2D eigenvalue weighted by atomic mass is 32.1. The fourth-order valence-corrected chi connectivity index (χ4v) is 4.55. The van der Waals surface area contributed by atoms with Gasteiger partial charge in [-0.05, 0) is 43.5 Å². The molecule has 3 aromatic rings. The number of aryl methyl sites for hydroxylation is 2. The maximum atomic E-state index is 12.8. The van der Waals surface area contributed by atoms with Gasteiger partial charge in [-0.1, -0.05) is 48.9 Å². The fourth-order valence-electron chi connectivity index (χ4n) is 3.83. The van der Waals surface area contributed by atoms with E-state index in [1.165, 1.54) is 28.2 Å². The van der Waals surface area contributed by atoms with E-state index < -0.39 is 0 Å². The van der Waals surface area contributed by atoms with Crippen LogP contribution in [0.1, 0.15) is 36.4 Å². The van der Waals surface area contributed by atoms with Gasteiger partial charge in [-0.3, -0.25) is 0 Å². The molecule has 162 valence electrons. The zero-order valence-corrected chi connectivity index (χ0v) is 19.2. The summed E-state index contributed by atoms with van der Waals surface area (Å²) in [5.41, 5.74) is 4.54. The number of nitrogens with one attached hydrogen (secondary N) is 1. The van der Waals surface area contributed by atoms with Crippen LogP contribution in [-0.4, -0.2) is 46.0 Å². The summed E-state index contributed by atoms with van der Waals surface area (Å²) in [5, 5.41) is 3.98. The number of urea groups is 1. The minimum Gasteiger partial charge on any atom is -0.343 e. The molecule has 1 aliphatic rings. The smallest absolute Gasteiger partial charge is 0.322 e. The summed E-state index contributed by atoms with van der Waals surface area (Å²) in [6.45, 7) is 8.46. The molecule has 0 radical (unpaired) electrons. The highest BCUT2D eigenvalue weighted by molar-refractivity contribution is 7.09. The average molecular weight is 436 g/mol. The van der Waals surface area contributed by atoms with Gasteiger partial charge >= 0.3 is 6.03 Å². The second-order valence-electron chi connectivity index (χ2n) is 8.13. The van der Waals surface area contributed by atoms with E-state index >= 15 is 0 Å². The second kappa shape index (κ2) is 9.47. The monoisotopic (exact) mass is 435 g/mol. The zero-order chi connectivity index (χ0) is 21.8. The van der Waals surface area contributed by atoms with Crippen molar-refractivity contribution in [3.8, 4) is 0 Å². The Morgan fingerprint density at radius 1 is 1.16 bits per heavy atom. The fraction of sp³-hybridized carbons (Fsp3) is 0.375. The molecule has 1 aliphatic heterocycles. The van der Waals surface area contributed by atoms with Crippen LogP contribution in [-0.2, 0) is 12.8 Å². The number of piperazine rings is 1. The third kappa shape index (κ3) is 5.22. The molecule has 6 nitrogen and oxygen atoms in total. The zero-order valence-electron chi connectivity index (χ0n) is 18.3. The third-order valence-electron chi connectivity index (χ3n) is 5.69. The SMILES string of the molecule is CCc1cccc(NC(=O)N2CCN(c3nc(Cc4ccc(C)cc4)ns3)CC2C)c1. The molecule has 2 aromatic carbocycles. The largest absolute Gasteiger partial charge is 0.343 e. The van der Waals surface area contributed by atoms with E-state index in [0.29, 0.717) is 6.54 Å². The molecule has 2 heterocycles. The number of benzene rings is 2. The Balaban J connectivity index is 1.35. The van der Waals surface area contributed by atoms with Crippen LogP contribution in [0.25, 0.3) is 0 Å². The van der Waals surface area contributed by atoms with Crippen molar-refractivity contribution in [2.75, 3.05) is 29.9 Å². The van der Waals surface area contributed by atoms with Gasteiger partial charge in [0.15, 0.2) is 0 Å². The molecule has 1 N–H and O–H groups in total. The molecule has 31 heavy (non-hydrogen) atoms. The Bertz CT molecular complexity index is 1030. The summed E-state index contributed by atoms with van der Waals surface area (Å²) < 4.78 is 4.56. The van der Waals surface area contributed by atoms with Crippen molar-refractivity contribution in [2.45, 2.75) is 39.7 Å². The van der Waals surface area contributed by atoms with Crippen molar-refractivity contribution < 1.29 is 4.79 Å². The van der Waals surface area contributed by atoms with E-state index in [4.69, 9.17) is 4.98 Å². The van der Waals surface area contributed by atoms with Crippen molar-refractivity contribution in [1.82, 2.24) is 14.3 Å². The van der Waals surface area contributed by atoms with Crippen LogP contribution in [0.15, 0.2) is 48.5 Å². The van der Waals surface area contributed by atoms with Gasteiger partial charge in [-0.2, -0.15) is 4.37 Å². The van der Waals surface area contributed by atoms with Gasteiger partial charge in [0.2, 0.25) is 5.13 Å². The lowest BCUT2D eigenvalue weighted by Crippen LogP contribution is -2.55. The molecule has 0 saturated carbocycles. The van der Waals surface area contributed by atoms with Gasteiger partial charge in [-0.25, -0.2) is 9.78 Å². The summed E-state index contributed by atoms with van der Waals surface area (Å²) in [6.07, 6.45) is 1.69. The van der Waals surface area contributed by atoms with E-state index in [1.807, 2.05) is 23.1 Å². The Hall–Kier alpha value is -2.93. The van der Waals surface area contributed by atoms with Gasteiger partial charge in [0.25, 0.3) is 0 Å². The van der Waals surface area contributed by atoms with E-state index in [0.717, 1.165) is 42.6 Å². The van der Waals surface area contributed by atoms with Gasteiger partial charge in [0.05, 0.1) is 0 Å². The summed E-state index contributed by atoms with van der Waals surface area (Å²) in [6, 6.07) is 16.6. The van der Waals surface area contributed by atoms with Gasteiger partial charge in [0.1, 0.15) is 5.82 Å². The number of amides is 2. The quantitative estimate of drug-likeness (QED) is 0.629. The maximum absolute atomic E-state index is 12.8. The lowest BCUT2D eigenvalue weighted by atomic mass is 10.1. The first-order valence-electron chi connectivity index (χ1n) is 10.8. The summed E-state index contributed by atoms with van der Waals surface area (Å²) in [4.78, 5) is 21.7. The lowest BCUT2D eigenvalue weighted by Gasteiger charge is -2.39. The predicted octanol–water partition coefficient (Wildman–Crippen LogP) is 4.74. The molecule has 1 aromatic heterocycles. The molecule has 2 amide bonds. The first-order chi connectivity index (χ1) is 15.0. The number of rotatable bonds is 5. The van der Waals surface area contributed by atoms with Crippen LogP contribution >= 0.6 is 11.5 Å². The summed E-state index contributed by atoms with van der Waals surface area (Å²) in [5.74, 6) is 0.854. The van der Waals surface area contributed by atoms with Crippen molar-refractivity contribution >= 4 is 28.4 Å². The number of carbonyl (C=O) groups excluding carboxylic acids is 1. The molecular formula is C24H29N5OS. The standard InChI is InChI=1S/C24H29N5OS/c1-4-19-6-5-7-21(14-19)25-23(30)29-13-12-28(16-18(29)3)24-26-22(27-31-24)15-20-10-8-17(2)9-11-20/h5-11,14,18H,4,12-13,15-16H2,1-3H3,(H,25,30). The van der Waals surface area contributed by atoms with Crippen LogP contribution in [0.4, 0.5) is 15.6 Å². The van der Waals surface area contributed by atoms with Crippen LogP contribution in [0.3, 0.4) is 0 Å². The Morgan fingerprint density at radius 3 is 2.71 bits per heavy atom. The number of hydrogen-bond acceptors (Lipinski definition) is 5. The molecule has 0 spiro atoms. The number of anilines is 2. The van der Waals surface area contributed by atoms with Crippen LogP contribution in [0, 0.1) is 6.92 Å². The van der Waals surface area contributed by atoms with Gasteiger partial charge in [0, 0.05) is 49.3 Å². The Kier molecular flexibility index (Phi) is 6.51. The van der Waals surface area contributed by atoms with Gasteiger partial charge < -0.3 is 15.1 Å². The highest BCUT2D eigenvalue weighted by Gasteiger charge is 2.29. The Labute approximate surface area is 188 Å². The molecule has 0 bridgehead atoms. The molecule has 7 heteroatoms. The lowest BCUT2D eigenvalue weighted by molar-refractivity contribution is 0.185. The normalized spacial score (nSPS) is 16.4. The van der Waals surface area contributed by atoms with Crippen molar-refractivity contribution in [3.05, 3.63) is 71.0 Å². The molecule has 4 rings (SSSR count). The number of carbonyl (C=O) groups is 1. The van der Waals surface area contributed by atoms with Crippen LogP contribution < -0.4 is 10.2 Å². The summed E-state index contributed by atoms with van der Waals surface area (Å²) in [7, 11) is 0. The minimum atomic E-state index is -0.0438.